The molecule has 19 heavy (non-hydrogen) atoms. The van der Waals surface area contributed by atoms with Gasteiger partial charge in [0.05, 0.1) is 0 Å². The van der Waals surface area contributed by atoms with Gasteiger partial charge in [-0.2, -0.15) is 0 Å². The van der Waals surface area contributed by atoms with Crippen LogP contribution < -0.4 is 5.32 Å². The maximum absolute atomic E-state index is 9.47. The second-order valence-electron chi connectivity index (χ2n) is 4.78. The minimum Gasteiger partial charge on any atom is -0.508 e. The largest absolute Gasteiger partial charge is 0.508 e. The molecule has 0 saturated carbocycles. The number of nitrogens with one attached hydrogen (secondary N) is 1. The van der Waals surface area contributed by atoms with Gasteiger partial charge >= 0.3 is 0 Å². The lowest BCUT2D eigenvalue weighted by Crippen LogP contribution is -2.18. The number of benzene rings is 2. The first kappa shape index (κ1) is 13.9. The molecule has 0 radical (unpaired) electrons. The van der Waals surface area contributed by atoms with Gasteiger partial charge in [-0.1, -0.05) is 35.9 Å². The highest BCUT2D eigenvalue weighted by molar-refractivity contribution is 6.31. The topological polar surface area (TPSA) is 32.3 Å². The van der Waals surface area contributed by atoms with E-state index in [1.165, 1.54) is 0 Å². The van der Waals surface area contributed by atoms with Crippen LogP contribution >= 0.6 is 11.6 Å². The van der Waals surface area contributed by atoms with E-state index >= 15 is 0 Å². The average molecular weight is 276 g/mol. The maximum atomic E-state index is 9.47. The van der Waals surface area contributed by atoms with Gasteiger partial charge in [0, 0.05) is 17.6 Å². The molecule has 0 spiro atoms. The summed E-state index contributed by atoms with van der Waals surface area (Å²) in [6, 6.07) is 13.6. The van der Waals surface area contributed by atoms with Crippen molar-refractivity contribution in [2.45, 2.75) is 26.4 Å². The molecule has 100 valence electrons. The van der Waals surface area contributed by atoms with Crippen LogP contribution in [0.3, 0.4) is 0 Å². The van der Waals surface area contributed by atoms with Crippen molar-refractivity contribution < 1.29 is 5.11 Å². The van der Waals surface area contributed by atoms with Crippen LogP contribution in [0.15, 0.2) is 42.5 Å². The van der Waals surface area contributed by atoms with E-state index in [9.17, 15) is 5.11 Å². The summed E-state index contributed by atoms with van der Waals surface area (Å²) >= 11 is 6.11. The van der Waals surface area contributed by atoms with Crippen LogP contribution in [0.1, 0.15) is 29.7 Å². The molecule has 0 aliphatic heterocycles. The molecule has 1 atom stereocenters. The highest BCUT2D eigenvalue weighted by Gasteiger charge is 2.06. The van der Waals surface area contributed by atoms with Gasteiger partial charge in [0.1, 0.15) is 5.75 Å². The number of halogens is 1. The minimum atomic E-state index is 0.173. The summed E-state index contributed by atoms with van der Waals surface area (Å²) in [5, 5.41) is 13.7. The zero-order valence-electron chi connectivity index (χ0n) is 11.2. The van der Waals surface area contributed by atoms with Crippen molar-refractivity contribution in [3.8, 4) is 5.75 Å². The van der Waals surface area contributed by atoms with Crippen molar-refractivity contribution in [1.29, 1.82) is 0 Å². The van der Waals surface area contributed by atoms with Gasteiger partial charge in [-0.25, -0.2) is 0 Å². The van der Waals surface area contributed by atoms with Crippen LogP contribution in [0, 0.1) is 6.92 Å². The molecule has 3 heteroatoms. The van der Waals surface area contributed by atoms with Gasteiger partial charge in [0.25, 0.3) is 0 Å². The molecule has 2 rings (SSSR count). The predicted octanol–water partition coefficient (Wildman–Crippen LogP) is 4.20. The number of aryl methyl sites for hydroxylation is 1. The van der Waals surface area contributed by atoms with E-state index in [4.69, 9.17) is 11.6 Å². The lowest BCUT2D eigenvalue weighted by Gasteiger charge is -2.15. The quantitative estimate of drug-likeness (QED) is 0.876. The molecule has 0 heterocycles. The van der Waals surface area contributed by atoms with Crippen molar-refractivity contribution in [3.63, 3.8) is 0 Å². The second-order valence-corrected chi connectivity index (χ2v) is 5.19. The van der Waals surface area contributed by atoms with Gasteiger partial charge < -0.3 is 10.4 Å². The standard InChI is InChI=1S/C16H18ClNO/c1-11-6-7-13(8-16(11)17)10-18-12(2)14-4-3-5-15(19)9-14/h3-9,12,18-19H,10H2,1-2H3. The molecule has 0 aromatic heterocycles. The molecule has 0 amide bonds. The summed E-state index contributed by atoms with van der Waals surface area (Å²) < 4.78 is 0. The van der Waals surface area contributed by atoms with Crippen molar-refractivity contribution in [1.82, 2.24) is 5.32 Å². The lowest BCUT2D eigenvalue weighted by molar-refractivity contribution is 0.472. The fraction of sp³-hybridized carbons (Fsp3) is 0.250. The van der Waals surface area contributed by atoms with Gasteiger partial charge in [-0.3, -0.25) is 0 Å². The van der Waals surface area contributed by atoms with Crippen LogP contribution in [-0.2, 0) is 6.54 Å². The summed E-state index contributed by atoms with van der Waals surface area (Å²) in [5.41, 5.74) is 3.31. The Balaban J connectivity index is 2.00. The third-order valence-electron chi connectivity index (χ3n) is 3.22. The number of rotatable bonds is 4. The summed E-state index contributed by atoms with van der Waals surface area (Å²) in [4.78, 5) is 0. The highest BCUT2D eigenvalue weighted by Crippen LogP contribution is 2.20. The fourth-order valence-electron chi connectivity index (χ4n) is 1.93. The molecule has 2 aromatic rings. The molecule has 0 saturated heterocycles. The molecule has 0 aliphatic carbocycles. The molecule has 0 aliphatic rings. The third-order valence-corrected chi connectivity index (χ3v) is 3.63. The lowest BCUT2D eigenvalue weighted by atomic mass is 10.1. The van der Waals surface area contributed by atoms with Crippen LogP contribution in [0.2, 0.25) is 5.02 Å². The summed E-state index contributed by atoms with van der Waals surface area (Å²) in [5.74, 6) is 0.296. The van der Waals surface area contributed by atoms with Crippen molar-refractivity contribution in [2.24, 2.45) is 0 Å². The average Bonchev–Trinajstić information content (AvgIpc) is 2.40. The van der Waals surface area contributed by atoms with E-state index in [1.807, 2.05) is 31.2 Å². The molecule has 2 N–H and O–H groups in total. The summed E-state index contributed by atoms with van der Waals surface area (Å²) in [7, 11) is 0. The Morgan fingerprint density at radius 1 is 1.21 bits per heavy atom. The third kappa shape index (κ3) is 3.72. The van der Waals surface area contributed by atoms with E-state index < -0.39 is 0 Å². The van der Waals surface area contributed by atoms with Gasteiger partial charge in [0.15, 0.2) is 0 Å². The zero-order chi connectivity index (χ0) is 13.8. The number of hydrogen-bond donors (Lipinski definition) is 2. The van der Waals surface area contributed by atoms with Crippen molar-refractivity contribution >= 4 is 11.6 Å². The summed E-state index contributed by atoms with van der Waals surface area (Å²) in [6.07, 6.45) is 0. The van der Waals surface area contributed by atoms with Gasteiger partial charge in [-0.15, -0.1) is 0 Å². The molecule has 1 unspecified atom stereocenters. The van der Waals surface area contributed by atoms with E-state index in [2.05, 4.69) is 18.3 Å². The van der Waals surface area contributed by atoms with E-state index in [-0.39, 0.29) is 6.04 Å². The zero-order valence-corrected chi connectivity index (χ0v) is 11.9. The molecule has 2 nitrogen and oxygen atoms in total. The first-order valence-electron chi connectivity index (χ1n) is 6.33. The fourth-order valence-corrected chi connectivity index (χ4v) is 2.13. The molecular weight excluding hydrogens is 258 g/mol. The number of phenolic OH excluding ortho intramolecular Hbond substituents is 1. The smallest absolute Gasteiger partial charge is 0.115 e. The highest BCUT2D eigenvalue weighted by atomic mass is 35.5. The number of phenols is 1. The number of hydrogen-bond acceptors (Lipinski definition) is 2. The van der Waals surface area contributed by atoms with Gasteiger partial charge in [0.2, 0.25) is 0 Å². The van der Waals surface area contributed by atoms with Crippen molar-refractivity contribution in [3.05, 3.63) is 64.2 Å². The van der Waals surface area contributed by atoms with E-state index in [0.717, 1.165) is 28.3 Å². The molecular formula is C16H18ClNO. The Bertz CT molecular complexity index is 568. The Morgan fingerprint density at radius 3 is 2.68 bits per heavy atom. The van der Waals surface area contributed by atoms with Crippen LogP contribution in [0.4, 0.5) is 0 Å². The molecule has 2 aromatic carbocycles. The molecule has 0 fully saturated rings. The SMILES string of the molecule is Cc1ccc(CNC(C)c2cccc(O)c2)cc1Cl. The van der Waals surface area contributed by atoms with Crippen LogP contribution in [0.25, 0.3) is 0 Å². The molecule has 0 bridgehead atoms. The Hall–Kier alpha value is -1.51. The first-order valence-corrected chi connectivity index (χ1v) is 6.71. The first-order chi connectivity index (χ1) is 9.06. The van der Waals surface area contributed by atoms with Gasteiger partial charge in [-0.05, 0) is 48.7 Å². The van der Waals surface area contributed by atoms with E-state index in [1.54, 1.807) is 12.1 Å². The minimum absolute atomic E-state index is 0.173. The van der Waals surface area contributed by atoms with Crippen LogP contribution in [0.5, 0.6) is 5.75 Å². The monoisotopic (exact) mass is 275 g/mol. The van der Waals surface area contributed by atoms with Crippen molar-refractivity contribution in [2.75, 3.05) is 0 Å². The predicted molar refractivity (Wildman–Crippen MR) is 79.6 cm³/mol. The maximum Gasteiger partial charge on any atom is 0.115 e. The van der Waals surface area contributed by atoms with E-state index in [0.29, 0.717) is 5.75 Å². The normalized spacial score (nSPS) is 12.4. The second kappa shape index (κ2) is 6.09. The Labute approximate surface area is 119 Å². The number of aromatic hydroxyl groups is 1. The van der Waals surface area contributed by atoms with Crippen LogP contribution in [-0.4, -0.2) is 5.11 Å². The Morgan fingerprint density at radius 2 is 2.00 bits per heavy atom. The Kier molecular flexibility index (Phi) is 4.46. The summed E-state index contributed by atoms with van der Waals surface area (Å²) in [6.45, 7) is 4.82.